The van der Waals surface area contributed by atoms with Crippen LogP contribution in [0.25, 0.3) is 0 Å². The molecule has 5 heteroatoms. The molecule has 23 heavy (non-hydrogen) atoms. The predicted molar refractivity (Wildman–Crippen MR) is 86.6 cm³/mol. The SMILES string of the molecule is CC(C)COC(=O)c1ccc2c(c1)[C@H]1C=CC[C@H]1[C@@H](C(=O)O)N2. The van der Waals surface area contributed by atoms with E-state index in [0.717, 1.165) is 17.7 Å². The van der Waals surface area contributed by atoms with Crippen molar-refractivity contribution in [2.45, 2.75) is 32.2 Å². The number of hydrogen-bond donors (Lipinski definition) is 2. The van der Waals surface area contributed by atoms with Gasteiger partial charge in [-0.2, -0.15) is 0 Å². The van der Waals surface area contributed by atoms with E-state index in [-0.39, 0.29) is 23.7 Å². The lowest BCUT2D eigenvalue weighted by Gasteiger charge is -2.34. The Morgan fingerprint density at radius 3 is 2.87 bits per heavy atom. The summed E-state index contributed by atoms with van der Waals surface area (Å²) in [5.41, 5.74) is 2.27. The average molecular weight is 315 g/mol. The van der Waals surface area contributed by atoms with Gasteiger partial charge in [0.2, 0.25) is 0 Å². The maximum absolute atomic E-state index is 12.1. The Hall–Kier alpha value is -2.30. The smallest absolute Gasteiger partial charge is 0.338 e. The van der Waals surface area contributed by atoms with Gasteiger partial charge < -0.3 is 15.2 Å². The Kier molecular flexibility index (Phi) is 4.11. The fourth-order valence-corrected chi connectivity index (χ4v) is 3.29. The highest BCUT2D eigenvalue weighted by Crippen LogP contribution is 2.44. The van der Waals surface area contributed by atoms with Crippen LogP contribution in [-0.2, 0) is 9.53 Å². The van der Waals surface area contributed by atoms with Gasteiger partial charge in [0.25, 0.3) is 0 Å². The van der Waals surface area contributed by atoms with Gasteiger partial charge >= 0.3 is 11.9 Å². The van der Waals surface area contributed by atoms with Crippen molar-refractivity contribution in [2.75, 3.05) is 11.9 Å². The van der Waals surface area contributed by atoms with Crippen LogP contribution in [0.5, 0.6) is 0 Å². The van der Waals surface area contributed by atoms with Crippen LogP contribution >= 0.6 is 0 Å². The van der Waals surface area contributed by atoms with Crippen molar-refractivity contribution < 1.29 is 19.4 Å². The zero-order valence-corrected chi connectivity index (χ0v) is 13.3. The van der Waals surface area contributed by atoms with Crippen LogP contribution in [0.15, 0.2) is 30.4 Å². The minimum absolute atomic E-state index is 0.0121. The van der Waals surface area contributed by atoms with Crippen molar-refractivity contribution in [3.63, 3.8) is 0 Å². The highest BCUT2D eigenvalue weighted by atomic mass is 16.5. The van der Waals surface area contributed by atoms with Crippen molar-refractivity contribution in [3.8, 4) is 0 Å². The number of anilines is 1. The van der Waals surface area contributed by atoms with Gasteiger partial charge in [-0.1, -0.05) is 26.0 Å². The van der Waals surface area contributed by atoms with E-state index < -0.39 is 12.0 Å². The molecule has 0 aromatic heterocycles. The maximum Gasteiger partial charge on any atom is 0.338 e. The quantitative estimate of drug-likeness (QED) is 0.660. The number of esters is 1. The Labute approximate surface area is 135 Å². The highest BCUT2D eigenvalue weighted by Gasteiger charge is 2.40. The van der Waals surface area contributed by atoms with E-state index in [0.29, 0.717) is 12.2 Å². The Bertz CT molecular complexity index is 665. The van der Waals surface area contributed by atoms with E-state index in [2.05, 4.69) is 5.32 Å². The maximum atomic E-state index is 12.1. The number of carbonyl (C=O) groups excluding carboxylic acids is 1. The zero-order valence-electron chi connectivity index (χ0n) is 13.3. The van der Waals surface area contributed by atoms with E-state index in [1.165, 1.54) is 0 Å². The summed E-state index contributed by atoms with van der Waals surface area (Å²) in [5.74, 6) is -0.862. The standard InChI is InChI=1S/C18H21NO4/c1-10(2)9-23-18(22)11-6-7-15-14(8-11)12-4-3-5-13(12)16(19-15)17(20)21/h3-4,6-8,10,12-13,16,19H,5,9H2,1-2H3,(H,20,21)/t12-,13+,16-/m0/s1. The molecule has 3 atom stereocenters. The Morgan fingerprint density at radius 2 is 2.17 bits per heavy atom. The summed E-state index contributed by atoms with van der Waals surface area (Å²) < 4.78 is 5.28. The van der Waals surface area contributed by atoms with Gasteiger partial charge in [0.05, 0.1) is 12.2 Å². The molecule has 0 fully saturated rings. The number of aliphatic carboxylic acids is 1. The Balaban J connectivity index is 1.88. The summed E-state index contributed by atoms with van der Waals surface area (Å²) in [4.78, 5) is 23.6. The first-order valence-corrected chi connectivity index (χ1v) is 7.94. The summed E-state index contributed by atoms with van der Waals surface area (Å²) in [6.07, 6.45) is 4.80. The lowest BCUT2D eigenvalue weighted by molar-refractivity contribution is -0.139. The van der Waals surface area contributed by atoms with Crippen LogP contribution in [0.2, 0.25) is 0 Å². The fraction of sp³-hybridized carbons (Fsp3) is 0.444. The molecule has 1 aromatic rings. The van der Waals surface area contributed by atoms with E-state index >= 15 is 0 Å². The van der Waals surface area contributed by atoms with Crippen molar-refractivity contribution in [2.24, 2.45) is 11.8 Å². The number of benzene rings is 1. The van der Waals surface area contributed by atoms with Gasteiger partial charge in [-0.25, -0.2) is 9.59 Å². The van der Waals surface area contributed by atoms with Gasteiger partial charge in [-0.05, 0) is 36.1 Å². The molecular formula is C18H21NO4. The van der Waals surface area contributed by atoms with Crippen LogP contribution in [0, 0.1) is 11.8 Å². The molecule has 0 saturated carbocycles. The van der Waals surface area contributed by atoms with Crippen LogP contribution in [0.1, 0.15) is 42.1 Å². The van der Waals surface area contributed by atoms with E-state index in [1.54, 1.807) is 12.1 Å². The summed E-state index contributed by atoms with van der Waals surface area (Å²) in [6.45, 7) is 4.37. The van der Waals surface area contributed by atoms with E-state index in [9.17, 15) is 14.7 Å². The third-order valence-electron chi connectivity index (χ3n) is 4.41. The second-order valence-electron chi connectivity index (χ2n) is 6.61. The number of carboxylic acid groups (broad SMARTS) is 1. The molecule has 0 spiro atoms. The molecule has 0 saturated heterocycles. The van der Waals surface area contributed by atoms with E-state index in [1.807, 2.05) is 32.1 Å². The molecule has 122 valence electrons. The van der Waals surface area contributed by atoms with Gasteiger partial charge in [0.1, 0.15) is 6.04 Å². The zero-order chi connectivity index (χ0) is 16.6. The molecular weight excluding hydrogens is 294 g/mol. The third kappa shape index (κ3) is 2.96. The van der Waals surface area contributed by atoms with Crippen molar-refractivity contribution in [1.82, 2.24) is 0 Å². The number of fused-ring (bicyclic) bond motifs is 3. The number of carboxylic acids is 1. The van der Waals surface area contributed by atoms with Crippen LogP contribution in [0.4, 0.5) is 5.69 Å². The van der Waals surface area contributed by atoms with Crippen LogP contribution in [0.3, 0.4) is 0 Å². The number of ether oxygens (including phenoxy) is 1. The summed E-state index contributed by atoms with van der Waals surface area (Å²) in [7, 11) is 0. The van der Waals surface area contributed by atoms with E-state index in [4.69, 9.17) is 4.74 Å². The minimum Gasteiger partial charge on any atom is -0.480 e. The monoisotopic (exact) mass is 315 g/mol. The molecule has 0 amide bonds. The molecule has 0 radical (unpaired) electrons. The second-order valence-corrected chi connectivity index (χ2v) is 6.61. The van der Waals surface area contributed by atoms with Gasteiger partial charge in [-0.3, -0.25) is 0 Å². The number of nitrogens with one attached hydrogen (secondary N) is 1. The molecule has 0 bridgehead atoms. The summed E-state index contributed by atoms with van der Waals surface area (Å²) >= 11 is 0. The van der Waals surface area contributed by atoms with Crippen molar-refractivity contribution in [1.29, 1.82) is 0 Å². The first kappa shape index (κ1) is 15.6. The van der Waals surface area contributed by atoms with Crippen molar-refractivity contribution in [3.05, 3.63) is 41.5 Å². The van der Waals surface area contributed by atoms with Crippen molar-refractivity contribution >= 4 is 17.6 Å². The largest absolute Gasteiger partial charge is 0.480 e. The molecule has 5 nitrogen and oxygen atoms in total. The summed E-state index contributed by atoms with van der Waals surface area (Å²) in [5, 5.41) is 12.5. The third-order valence-corrected chi connectivity index (χ3v) is 4.41. The number of hydrogen-bond acceptors (Lipinski definition) is 4. The topological polar surface area (TPSA) is 75.6 Å². The molecule has 0 unspecified atom stereocenters. The lowest BCUT2D eigenvalue weighted by Crippen LogP contribution is -2.41. The lowest BCUT2D eigenvalue weighted by atomic mass is 9.79. The molecule has 1 aromatic carbocycles. The highest BCUT2D eigenvalue weighted by molar-refractivity contribution is 5.91. The van der Waals surface area contributed by atoms with Gasteiger partial charge in [-0.15, -0.1) is 0 Å². The Morgan fingerprint density at radius 1 is 1.39 bits per heavy atom. The summed E-state index contributed by atoms with van der Waals surface area (Å²) in [6, 6.07) is 4.70. The predicted octanol–water partition coefficient (Wildman–Crippen LogP) is 3.04. The van der Waals surface area contributed by atoms with Gasteiger partial charge in [0, 0.05) is 17.5 Å². The second kappa shape index (κ2) is 6.07. The normalized spacial score (nSPS) is 24.7. The van der Waals surface area contributed by atoms with Gasteiger partial charge in [0.15, 0.2) is 0 Å². The molecule has 1 aliphatic heterocycles. The molecule has 3 rings (SSSR count). The molecule has 1 aliphatic carbocycles. The number of rotatable bonds is 4. The number of allylic oxidation sites excluding steroid dienone is 2. The molecule has 2 aliphatic rings. The van der Waals surface area contributed by atoms with Crippen LogP contribution < -0.4 is 5.32 Å². The first-order valence-electron chi connectivity index (χ1n) is 7.94. The van der Waals surface area contributed by atoms with Crippen LogP contribution in [-0.4, -0.2) is 29.7 Å². The first-order chi connectivity index (χ1) is 11.0. The fourth-order valence-electron chi connectivity index (χ4n) is 3.29. The average Bonchev–Trinajstić information content (AvgIpc) is 3.00. The molecule has 2 N–H and O–H groups in total. The molecule has 1 heterocycles. The number of carbonyl (C=O) groups is 2. The minimum atomic E-state index is -0.838.